The van der Waals surface area contributed by atoms with Gasteiger partial charge in [-0.25, -0.2) is 0 Å². The first-order chi connectivity index (χ1) is 8.43. The summed E-state index contributed by atoms with van der Waals surface area (Å²) in [5.41, 5.74) is 6.92. The Morgan fingerprint density at radius 1 is 1.50 bits per heavy atom. The summed E-state index contributed by atoms with van der Waals surface area (Å²) < 4.78 is 0.910. The summed E-state index contributed by atoms with van der Waals surface area (Å²) in [6.07, 6.45) is 0. The highest BCUT2D eigenvalue weighted by Crippen LogP contribution is 2.26. The van der Waals surface area contributed by atoms with Gasteiger partial charge in [0.15, 0.2) is 0 Å². The Bertz CT molecular complexity index is 421. The minimum absolute atomic E-state index is 0.0596. The third-order valence-electron chi connectivity index (χ3n) is 2.49. The molecule has 1 rings (SSSR count). The normalized spacial score (nSPS) is 10.7. The first-order valence-electron chi connectivity index (χ1n) is 5.86. The maximum atomic E-state index is 11.2. The number of aliphatic hydroxyl groups excluding tert-OH is 1. The average Bonchev–Trinajstić information content (AvgIpc) is 2.26. The van der Waals surface area contributed by atoms with Crippen LogP contribution in [0.5, 0.6) is 0 Å². The fourth-order valence-electron chi connectivity index (χ4n) is 1.84. The highest BCUT2D eigenvalue weighted by Gasteiger charge is 2.15. The summed E-state index contributed by atoms with van der Waals surface area (Å²) in [4.78, 5) is 13.1. The second kappa shape index (κ2) is 6.75. The van der Waals surface area contributed by atoms with Gasteiger partial charge in [0.05, 0.1) is 13.2 Å². The van der Waals surface area contributed by atoms with Crippen molar-refractivity contribution in [2.24, 2.45) is 11.7 Å². The predicted molar refractivity (Wildman–Crippen MR) is 76.3 cm³/mol. The van der Waals surface area contributed by atoms with E-state index in [1.807, 2.05) is 23.1 Å². The third kappa shape index (κ3) is 4.31. The lowest BCUT2D eigenvalue weighted by Crippen LogP contribution is -2.36. The molecular weight excluding hydrogens is 296 g/mol. The monoisotopic (exact) mass is 314 g/mol. The first kappa shape index (κ1) is 15.0. The summed E-state index contributed by atoms with van der Waals surface area (Å²) in [7, 11) is 0. The highest BCUT2D eigenvalue weighted by atomic mass is 79.9. The summed E-state index contributed by atoms with van der Waals surface area (Å²) in [6.45, 7) is 4.96. The van der Waals surface area contributed by atoms with E-state index in [1.54, 1.807) is 0 Å². The van der Waals surface area contributed by atoms with Gasteiger partial charge in [0, 0.05) is 22.3 Å². The number of nitrogens with two attached hydrogens (primary N) is 1. The lowest BCUT2D eigenvalue weighted by Gasteiger charge is -2.27. The van der Waals surface area contributed by atoms with Gasteiger partial charge in [0.2, 0.25) is 5.91 Å². The van der Waals surface area contributed by atoms with E-state index in [0.717, 1.165) is 15.7 Å². The Morgan fingerprint density at radius 3 is 2.67 bits per heavy atom. The summed E-state index contributed by atoms with van der Waals surface area (Å²) >= 11 is 3.40. The molecule has 1 amide bonds. The van der Waals surface area contributed by atoms with Gasteiger partial charge in [0.25, 0.3) is 0 Å². The molecule has 1 aromatic carbocycles. The van der Waals surface area contributed by atoms with Crippen LogP contribution in [0.2, 0.25) is 0 Å². The zero-order chi connectivity index (χ0) is 13.7. The number of benzene rings is 1. The van der Waals surface area contributed by atoms with Gasteiger partial charge >= 0.3 is 0 Å². The Hall–Kier alpha value is -1.07. The van der Waals surface area contributed by atoms with Crippen LogP contribution in [0, 0.1) is 5.92 Å². The van der Waals surface area contributed by atoms with Gasteiger partial charge in [-0.2, -0.15) is 0 Å². The van der Waals surface area contributed by atoms with Crippen LogP contribution >= 0.6 is 15.9 Å². The van der Waals surface area contributed by atoms with Crippen LogP contribution in [0.15, 0.2) is 22.7 Å². The zero-order valence-electron chi connectivity index (χ0n) is 10.7. The van der Waals surface area contributed by atoms with E-state index < -0.39 is 0 Å². The standard InChI is InChI=1S/C13H19BrN2O2/c1-9(2)6-16(7-13(15)18)12-5-11(14)4-3-10(12)8-17/h3-5,9,17H,6-8H2,1-2H3,(H2,15,18). The molecule has 1 aromatic rings. The van der Waals surface area contributed by atoms with E-state index in [1.165, 1.54) is 0 Å². The van der Waals surface area contributed by atoms with Gasteiger partial charge in [-0.1, -0.05) is 35.8 Å². The van der Waals surface area contributed by atoms with Crippen molar-refractivity contribution in [2.75, 3.05) is 18.0 Å². The average molecular weight is 315 g/mol. The molecule has 0 fully saturated rings. The largest absolute Gasteiger partial charge is 0.392 e. The SMILES string of the molecule is CC(C)CN(CC(N)=O)c1cc(Br)ccc1CO. The fourth-order valence-corrected chi connectivity index (χ4v) is 2.19. The number of carbonyl (C=O) groups excluding carboxylic acids is 1. The molecule has 0 bridgehead atoms. The quantitative estimate of drug-likeness (QED) is 0.842. The van der Waals surface area contributed by atoms with Crippen LogP contribution < -0.4 is 10.6 Å². The Morgan fingerprint density at radius 2 is 2.17 bits per heavy atom. The second-order valence-electron chi connectivity index (χ2n) is 4.67. The molecule has 0 saturated carbocycles. The van der Waals surface area contributed by atoms with Gasteiger partial charge in [-0.05, 0) is 18.1 Å². The molecule has 0 spiro atoms. The van der Waals surface area contributed by atoms with E-state index in [0.29, 0.717) is 12.5 Å². The van der Waals surface area contributed by atoms with Crippen LogP contribution in [-0.4, -0.2) is 24.1 Å². The van der Waals surface area contributed by atoms with Gasteiger partial charge in [-0.15, -0.1) is 0 Å². The molecule has 0 unspecified atom stereocenters. The number of nitrogens with zero attached hydrogens (tertiary/aromatic N) is 1. The van der Waals surface area contributed by atoms with E-state index in [-0.39, 0.29) is 19.1 Å². The van der Waals surface area contributed by atoms with Crippen LogP contribution in [0.1, 0.15) is 19.4 Å². The Labute approximate surface area is 116 Å². The minimum Gasteiger partial charge on any atom is -0.392 e. The number of carbonyl (C=O) groups is 1. The lowest BCUT2D eigenvalue weighted by atomic mass is 10.1. The number of hydrogen-bond acceptors (Lipinski definition) is 3. The predicted octanol–water partition coefficient (Wildman–Crippen LogP) is 1.89. The van der Waals surface area contributed by atoms with Crippen LogP contribution in [0.25, 0.3) is 0 Å². The maximum absolute atomic E-state index is 11.2. The summed E-state index contributed by atoms with van der Waals surface area (Å²) in [6, 6.07) is 5.61. The molecule has 0 aliphatic rings. The number of rotatable bonds is 6. The zero-order valence-corrected chi connectivity index (χ0v) is 12.3. The number of aliphatic hydroxyl groups is 1. The van der Waals surface area contributed by atoms with Crippen molar-refractivity contribution in [3.8, 4) is 0 Å². The smallest absolute Gasteiger partial charge is 0.236 e. The second-order valence-corrected chi connectivity index (χ2v) is 5.59. The van der Waals surface area contributed by atoms with E-state index in [9.17, 15) is 9.90 Å². The molecule has 0 atom stereocenters. The molecular formula is C13H19BrN2O2. The Balaban J connectivity index is 3.09. The fraction of sp³-hybridized carbons (Fsp3) is 0.462. The van der Waals surface area contributed by atoms with E-state index >= 15 is 0 Å². The summed E-state index contributed by atoms with van der Waals surface area (Å²) in [5, 5.41) is 9.37. The minimum atomic E-state index is -0.375. The highest BCUT2D eigenvalue weighted by molar-refractivity contribution is 9.10. The molecule has 0 heterocycles. The van der Waals surface area contributed by atoms with Crippen molar-refractivity contribution in [2.45, 2.75) is 20.5 Å². The number of anilines is 1. The molecule has 4 nitrogen and oxygen atoms in total. The molecule has 0 aliphatic carbocycles. The number of primary amides is 1. The van der Waals surface area contributed by atoms with Crippen LogP contribution in [0.3, 0.4) is 0 Å². The molecule has 5 heteroatoms. The summed E-state index contributed by atoms with van der Waals surface area (Å²) in [5.74, 6) is 0.0226. The van der Waals surface area contributed by atoms with E-state index in [2.05, 4.69) is 29.8 Å². The molecule has 100 valence electrons. The molecule has 0 saturated heterocycles. The van der Waals surface area contributed by atoms with Crippen molar-refractivity contribution in [3.63, 3.8) is 0 Å². The Kier molecular flexibility index (Phi) is 5.62. The topological polar surface area (TPSA) is 66.6 Å². The van der Waals surface area contributed by atoms with Crippen LogP contribution in [0.4, 0.5) is 5.69 Å². The van der Waals surface area contributed by atoms with Crippen molar-refractivity contribution in [1.82, 2.24) is 0 Å². The molecule has 3 N–H and O–H groups in total. The van der Waals surface area contributed by atoms with E-state index in [4.69, 9.17) is 5.73 Å². The lowest BCUT2D eigenvalue weighted by molar-refractivity contribution is -0.116. The number of amides is 1. The molecule has 0 radical (unpaired) electrons. The van der Waals surface area contributed by atoms with Gasteiger partial charge < -0.3 is 15.7 Å². The van der Waals surface area contributed by atoms with Crippen molar-refractivity contribution in [1.29, 1.82) is 0 Å². The van der Waals surface area contributed by atoms with Crippen LogP contribution in [-0.2, 0) is 11.4 Å². The van der Waals surface area contributed by atoms with Gasteiger partial charge in [0.1, 0.15) is 0 Å². The molecule has 18 heavy (non-hydrogen) atoms. The molecule has 0 aliphatic heterocycles. The van der Waals surface area contributed by atoms with Crippen molar-refractivity contribution >= 4 is 27.5 Å². The third-order valence-corrected chi connectivity index (χ3v) is 2.98. The van der Waals surface area contributed by atoms with Gasteiger partial charge in [-0.3, -0.25) is 4.79 Å². The molecule has 0 aromatic heterocycles. The first-order valence-corrected chi connectivity index (χ1v) is 6.66. The van der Waals surface area contributed by atoms with Crippen molar-refractivity contribution < 1.29 is 9.90 Å². The number of halogens is 1. The van der Waals surface area contributed by atoms with Crippen molar-refractivity contribution in [3.05, 3.63) is 28.2 Å². The number of hydrogen-bond donors (Lipinski definition) is 2. The maximum Gasteiger partial charge on any atom is 0.236 e.